The molecule has 0 saturated carbocycles. The number of methoxy groups -OCH3 is 1. The quantitative estimate of drug-likeness (QED) is 0.683. The molecule has 0 atom stereocenters. The summed E-state index contributed by atoms with van der Waals surface area (Å²) in [6.45, 7) is 3.03. The molecule has 144 valence electrons. The van der Waals surface area contributed by atoms with Gasteiger partial charge in [0.05, 0.1) is 19.2 Å². The van der Waals surface area contributed by atoms with E-state index < -0.39 is 0 Å². The number of aromatic nitrogens is 1. The summed E-state index contributed by atoms with van der Waals surface area (Å²) in [5.74, 6) is 1.62. The number of ether oxygens (including phenoxy) is 1. The van der Waals surface area contributed by atoms with Crippen LogP contribution in [0.5, 0.6) is 5.75 Å². The lowest BCUT2D eigenvalue weighted by molar-refractivity contribution is -0.130. The van der Waals surface area contributed by atoms with Gasteiger partial charge in [0, 0.05) is 43.5 Å². The number of amides is 1. The summed E-state index contributed by atoms with van der Waals surface area (Å²) in [7, 11) is 1.66. The lowest BCUT2D eigenvalue weighted by Gasteiger charge is -2.36. The SMILES string of the molecule is COc1ccc(N2CCN(C(=O)Cc3cc(-c4ccccc4)on3)CC2)cc1. The van der Waals surface area contributed by atoms with Gasteiger partial charge in [-0.1, -0.05) is 35.5 Å². The number of carbonyl (C=O) groups excluding carboxylic acids is 1. The molecule has 1 aromatic heterocycles. The van der Waals surface area contributed by atoms with E-state index in [1.165, 1.54) is 0 Å². The molecule has 4 rings (SSSR count). The van der Waals surface area contributed by atoms with Gasteiger partial charge in [0.2, 0.25) is 5.91 Å². The molecule has 6 nitrogen and oxygen atoms in total. The Hall–Kier alpha value is -3.28. The van der Waals surface area contributed by atoms with Crippen molar-refractivity contribution in [2.75, 3.05) is 38.2 Å². The van der Waals surface area contributed by atoms with Crippen molar-refractivity contribution in [2.24, 2.45) is 0 Å². The largest absolute Gasteiger partial charge is 0.497 e. The number of anilines is 1. The molecule has 0 aliphatic carbocycles. The van der Waals surface area contributed by atoms with Gasteiger partial charge in [0.15, 0.2) is 5.76 Å². The summed E-state index contributed by atoms with van der Waals surface area (Å²) >= 11 is 0. The number of rotatable bonds is 5. The summed E-state index contributed by atoms with van der Waals surface area (Å²) in [4.78, 5) is 16.8. The highest BCUT2D eigenvalue weighted by molar-refractivity contribution is 5.79. The number of hydrogen-bond donors (Lipinski definition) is 0. The molecule has 0 N–H and O–H groups in total. The molecule has 2 aromatic carbocycles. The van der Waals surface area contributed by atoms with Crippen LogP contribution >= 0.6 is 0 Å². The molecule has 1 fully saturated rings. The van der Waals surface area contributed by atoms with Gasteiger partial charge in [-0.3, -0.25) is 4.79 Å². The predicted molar refractivity (Wildman–Crippen MR) is 107 cm³/mol. The van der Waals surface area contributed by atoms with E-state index in [9.17, 15) is 4.79 Å². The maximum atomic E-state index is 12.6. The monoisotopic (exact) mass is 377 g/mol. The second kappa shape index (κ2) is 8.17. The Balaban J connectivity index is 1.32. The Labute approximate surface area is 164 Å². The molecule has 1 amide bonds. The van der Waals surface area contributed by atoms with Crippen molar-refractivity contribution >= 4 is 11.6 Å². The molecular formula is C22H23N3O3. The molecule has 3 aromatic rings. The number of benzene rings is 2. The summed E-state index contributed by atoms with van der Waals surface area (Å²) in [5, 5.41) is 4.06. The zero-order valence-corrected chi connectivity index (χ0v) is 15.9. The predicted octanol–water partition coefficient (Wildman–Crippen LogP) is 3.24. The third-order valence-electron chi connectivity index (χ3n) is 5.02. The van der Waals surface area contributed by atoms with Crippen LogP contribution in [0.15, 0.2) is 65.2 Å². The van der Waals surface area contributed by atoms with E-state index in [4.69, 9.17) is 9.26 Å². The lowest BCUT2D eigenvalue weighted by Crippen LogP contribution is -2.49. The molecule has 0 unspecified atom stereocenters. The number of nitrogens with zero attached hydrogens (tertiary/aromatic N) is 3. The average molecular weight is 377 g/mol. The number of carbonyl (C=O) groups is 1. The molecule has 1 aliphatic heterocycles. The third kappa shape index (κ3) is 4.01. The minimum atomic E-state index is 0.0855. The highest BCUT2D eigenvalue weighted by Gasteiger charge is 2.22. The fraction of sp³-hybridized carbons (Fsp3) is 0.273. The molecule has 2 heterocycles. The van der Waals surface area contributed by atoms with Crippen molar-refractivity contribution in [1.29, 1.82) is 0 Å². The van der Waals surface area contributed by atoms with Gasteiger partial charge in [0.25, 0.3) is 0 Å². The zero-order valence-electron chi connectivity index (χ0n) is 15.9. The first-order valence-electron chi connectivity index (χ1n) is 9.41. The van der Waals surface area contributed by atoms with Crippen LogP contribution in [0, 0.1) is 0 Å². The molecule has 1 aliphatic rings. The van der Waals surface area contributed by atoms with Crippen molar-refractivity contribution in [3.8, 4) is 17.1 Å². The van der Waals surface area contributed by atoms with Crippen molar-refractivity contribution in [3.05, 3.63) is 66.4 Å². The van der Waals surface area contributed by atoms with Gasteiger partial charge in [0.1, 0.15) is 5.75 Å². The Morgan fingerprint density at radius 3 is 2.43 bits per heavy atom. The highest BCUT2D eigenvalue weighted by atomic mass is 16.5. The van der Waals surface area contributed by atoms with Gasteiger partial charge in [-0.15, -0.1) is 0 Å². The summed E-state index contributed by atoms with van der Waals surface area (Å²) < 4.78 is 10.6. The summed E-state index contributed by atoms with van der Waals surface area (Å²) in [6.07, 6.45) is 0.263. The maximum Gasteiger partial charge on any atom is 0.228 e. The van der Waals surface area contributed by atoms with Crippen LogP contribution in [0.2, 0.25) is 0 Å². The zero-order chi connectivity index (χ0) is 19.3. The number of hydrogen-bond acceptors (Lipinski definition) is 5. The molecular weight excluding hydrogens is 354 g/mol. The summed E-state index contributed by atoms with van der Waals surface area (Å²) in [5.41, 5.74) is 2.78. The van der Waals surface area contributed by atoms with Crippen LogP contribution in [0.3, 0.4) is 0 Å². The van der Waals surface area contributed by atoms with E-state index in [1.54, 1.807) is 7.11 Å². The van der Waals surface area contributed by atoms with Gasteiger partial charge in [-0.05, 0) is 24.3 Å². The van der Waals surface area contributed by atoms with E-state index in [-0.39, 0.29) is 12.3 Å². The van der Waals surface area contributed by atoms with Crippen LogP contribution in [-0.4, -0.2) is 49.3 Å². The molecule has 0 radical (unpaired) electrons. The Morgan fingerprint density at radius 2 is 1.75 bits per heavy atom. The molecule has 1 saturated heterocycles. The van der Waals surface area contributed by atoms with Crippen molar-refractivity contribution in [1.82, 2.24) is 10.1 Å². The van der Waals surface area contributed by atoms with Crippen molar-refractivity contribution in [2.45, 2.75) is 6.42 Å². The second-order valence-electron chi connectivity index (χ2n) is 6.79. The first kappa shape index (κ1) is 18.1. The Kier molecular flexibility index (Phi) is 5.28. The van der Waals surface area contributed by atoms with E-state index in [2.05, 4.69) is 22.2 Å². The topological polar surface area (TPSA) is 58.8 Å². The van der Waals surface area contributed by atoms with Crippen LogP contribution < -0.4 is 9.64 Å². The second-order valence-corrected chi connectivity index (χ2v) is 6.79. The van der Waals surface area contributed by atoms with Crippen LogP contribution in [-0.2, 0) is 11.2 Å². The molecule has 0 spiro atoms. The van der Waals surface area contributed by atoms with E-state index in [0.29, 0.717) is 24.5 Å². The van der Waals surface area contributed by atoms with Crippen molar-refractivity contribution in [3.63, 3.8) is 0 Å². The number of piperazine rings is 1. The maximum absolute atomic E-state index is 12.6. The van der Waals surface area contributed by atoms with Gasteiger partial charge >= 0.3 is 0 Å². The Morgan fingerprint density at radius 1 is 1.04 bits per heavy atom. The van der Waals surface area contributed by atoms with Gasteiger partial charge < -0.3 is 19.1 Å². The average Bonchev–Trinajstić information content (AvgIpc) is 3.23. The first-order chi connectivity index (χ1) is 13.7. The van der Waals surface area contributed by atoms with Gasteiger partial charge in [-0.2, -0.15) is 0 Å². The first-order valence-corrected chi connectivity index (χ1v) is 9.41. The normalized spacial score (nSPS) is 14.2. The molecule has 6 heteroatoms. The van der Waals surface area contributed by atoms with E-state index >= 15 is 0 Å². The molecule has 0 bridgehead atoms. The minimum Gasteiger partial charge on any atom is -0.497 e. The fourth-order valence-corrected chi connectivity index (χ4v) is 3.41. The van der Waals surface area contributed by atoms with Crippen LogP contribution in [0.1, 0.15) is 5.69 Å². The molecule has 28 heavy (non-hydrogen) atoms. The van der Waals surface area contributed by atoms with Crippen LogP contribution in [0.4, 0.5) is 5.69 Å². The van der Waals surface area contributed by atoms with Crippen LogP contribution in [0.25, 0.3) is 11.3 Å². The highest BCUT2D eigenvalue weighted by Crippen LogP contribution is 2.22. The minimum absolute atomic E-state index is 0.0855. The third-order valence-corrected chi connectivity index (χ3v) is 5.02. The smallest absolute Gasteiger partial charge is 0.228 e. The Bertz CT molecular complexity index is 914. The summed E-state index contributed by atoms with van der Waals surface area (Å²) in [6, 6.07) is 19.7. The van der Waals surface area contributed by atoms with E-state index in [0.717, 1.165) is 30.1 Å². The van der Waals surface area contributed by atoms with E-state index in [1.807, 2.05) is 53.4 Å². The fourth-order valence-electron chi connectivity index (χ4n) is 3.41. The van der Waals surface area contributed by atoms with Gasteiger partial charge in [-0.25, -0.2) is 0 Å². The van der Waals surface area contributed by atoms with Crippen molar-refractivity contribution < 1.29 is 14.1 Å². The lowest BCUT2D eigenvalue weighted by atomic mass is 10.1. The standard InChI is InChI=1S/C22H23N3O3/c1-27-20-9-7-19(8-10-20)24-11-13-25(14-12-24)22(26)16-18-15-21(28-23-18)17-5-3-2-4-6-17/h2-10,15H,11-14,16H2,1H3.